The molecule has 2 aromatic carbocycles. The van der Waals surface area contributed by atoms with E-state index in [1.807, 2.05) is 0 Å². The molecule has 6 nitrogen and oxygen atoms in total. The molecule has 0 radical (unpaired) electrons. The minimum Gasteiger partial charge on any atom is -0.478 e. The number of carboxylic acid groups (broad SMARTS) is 1. The van der Waals surface area contributed by atoms with Crippen LogP contribution in [0.4, 0.5) is 15.8 Å². The van der Waals surface area contributed by atoms with E-state index in [1.165, 1.54) is 18.2 Å². The first-order valence-electron chi connectivity index (χ1n) is 5.98. The van der Waals surface area contributed by atoms with E-state index < -0.39 is 16.7 Å². The lowest BCUT2D eigenvalue weighted by Gasteiger charge is -2.08. The SMILES string of the molecule is O=C(O)c1ccc([N+](=O)[O-])c(NCc2ccccc2F)c1. The van der Waals surface area contributed by atoms with Crippen LogP contribution in [0.5, 0.6) is 0 Å². The van der Waals surface area contributed by atoms with Crippen molar-refractivity contribution in [3.63, 3.8) is 0 Å². The first-order valence-corrected chi connectivity index (χ1v) is 5.98. The molecule has 108 valence electrons. The molecule has 2 N–H and O–H groups in total. The number of carbonyl (C=O) groups is 1. The summed E-state index contributed by atoms with van der Waals surface area (Å²) in [7, 11) is 0. The number of carboxylic acids is 1. The van der Waals surface area contributed by atoms with E-state index in [0.29, 0.717) is 5.56 Å². The highest BCUT2D eigenvalue weighted by molar-refractivity contribution is 5.90. The first-order chi connectivity index (χ1) is 9.99. The van der Waals surface area contributed by atoms with Crippen molar-refractivity contribution < 1.29 is 19.2 Å². The third kappa shape index (κ3) is 3.33. The summed E-state index contributed by atoms with van der Waals surface area (Å²) in [5, 5.41) is 22.5. The largest absolute Gasteiger partial charge is 0.478 e. The number of hydrogen-bond donors (Lipinski definition) is 2. The Labute approximate surface area is 119 Å². The Bertz CT molecular complexity index is 703. The Morgan fingerprint density at radius 1 is 1.29 bits per heavy atom. The highest BCUT2D eigenvalue weighted by atomic mass is 19.1. The fraction of sp³-hybridized carbons (Fsp3) is 0.0714. The normalized spacial score (nSPS) is 10.1. The molecule has 0 atom stereocenters. The Morgan fingerprint density at radius 2 is 2.00 bits per heavy atom. The van der Waals surface area contributed by atoms with E-state index >= 15 is 0 Å². The van der Waals surface area contributed by atoms with E-state index in [9.17, 15) is 19.3 Å². The second kappa shape index (κ2) is 6.00. The van der Waals surface area contributed by atoms with Gasteiger partial charge in [-0.15, -0.1) is 0 Å². The van der Waals surface area contributed by atoms with E-state index in [1.54, 1.807) is 6.07 Å². The number of aromatic carboxylic acids is 1. The number of nitro benzene ring substituents is 1. The third-order valence-corrected chi connectivity index (χ3v) is 2.87. The Balaban J connectivity index is 2.29. The molecule has 0 heterocycles. The number of nitrogens with one attached hydrogen (secondary N) is 1. The fourth-order valence-corrected chi connectivity index (χ4v) is 1.80. The van der Waals surface area contributed by atoms with Crippen LogP contribution >= 0.6 is 0 Å². The van der Waals surface area contributed by atoms with Crippen molar-refractivity contribution in [3.05, 3.63) is 69.5 Å². The predicted octanol–water partition coefficient (Wildman–Crippen LogP) is 3.04. The molecule has 0 saturated heterocycles. The minimum absolute atomic E-state index is 0.0105. The average molecular weight is 290 g/mol. The fourth-order valence-electron chi connectivity index (χ4n) is 1.80. The molecule has 0 fully saturated rings. The smallest absolute Gasteiger partial charge is 0.335 e. The number of nitro groups is 1. The molecule has 7 heteroatoms. The summed E-state index contributed by atoms with van der Waals surface area (Å²) < 4.78 is 13.5. The van der Waals surface area contributed by atoms with Gasteiger partial charge in [0.25, 0.3) is 5.69 Å². The Kier molecular flexibility index (Phi) is 4.13. The van der Waals surface area contributed by atoms with Crippen LogP contribution in [-0.4, -0.2) is 16.0 Å². The van der Waals surface area contributed by atoms with Gasteiger partial charge in [0.05, 0.1) is 10.5 Å². The molecule has 0 unspecified atom stereocenters. The van der Waals surface area contributed by atoms with Gasteiger partial charge in [0.2, 0.25) is 0 Å². The number of anilines is 1. The van der Waals surface area contributed by atoms with E-state index in [2.05, 4.69) is 5.32 Å². The summed E-state index contributed by atoms with van der Waals surface area (Å²) in [6.07, 6.45) is 0. The molecular weight excluding hydrogens is 279 g/mol. The predicted molar refractivity (Wildman–Crippen MR) is 73.8 cm³/mol. The molecule has 0 saturated carbocycles. The van der Waals surface area contributed by atoms with Gasteiger partial charge in [-0.25, -0.2) is 9.18 Å². The maximum absolute atomic E-state index is 13.5. The lowest BCUT2D eigenvalue weighted by atomic mass is 10.1. The quantitative estimate of drug-likeness (QED) is 0.652. The summed E-state index contributed by atoms with van der Waals surface area (Å²) in [6, 6.07) is 9.39. The van der Waals surface area contributed by atoms with E-state index in [-0.39, 0.29) is 23.5 Å². The molecule has 0 aliphatic rings. The lowest BCUT2D eigenvalue weighted by Crippen LogP contribution is -2.06. The molecule has 2 aromatic rings. The van der Waals surface area contributed by atoms with Crippen molar-refractivity contribution in [1.82, 2.24) is 0 Å². The molecule has 2 rings (SSSR count). The number of halogens is 1. The van der Waals surface area contributed by atoms with Gasteiger partial charge >= 0.3 is 5.97 Å². The van der Waals surface area contributed by atoms with Crippen molar-refractivity contribution >= 4 is 17.3 Å². The summed E-state index contributed by atoms with van der Waals surface area (Å²) >= 11 is 0. The topological polar surface area (TPSA) is 92.5 Å². The monoisotopic (exact) mass is 290 g/mol. The van der Waals surface area contributed by atoms with Crippen LogP contribution in [0.15, 0.2) is 42.5 Å². The molecule has 0 bridgehead atoms. The summed E-state index contributed by atoms with van der Waals surface area (Å²) in [4.78, 5) is 21.2. The van der Waals surface area contributed by atoms with E-state index in [4.69, 9.17) is 5.11 Å². The van der Waals surface area contributed by atoms with Crippen molar-refractivity contribution in [2.24, 2.45) is 0 Å². The van der Waals surface area contributed by atoms with Gasteiger partial charge in [-0.1, -0.05) is 18.2 Å². The minimum atomic E-state index is -1.20. The Morgan fingerprint density at radius 3 is 2.62 bits per heavy atom. The van der Waals surface area contributed by atoms with Crippen LogP contribution in [0.1, 0.15) is 15.9 Å². The van der Waals surface area contributed by atoms with Crippen LogP contribution in [-0.2, 0) is 6.54 Å². The van der Waals surface area contributed by atoms with Gasteiger partial charge in [0.1, 0.15) is 11.5 Å². The summed E-state index contributed by atoms with van der Waals surface area (Å²) in [6.45, 7) is 0.0105. The summed E-state index contributed by atoms with van der Waals surface area (Å²) in [5.41, 5.74) is 0.00338. The van der Waals surface area contributed by atoms with Gasteiger partial charge < -0.3 is 10.4 Å². The lowest BCUT2D eigenvalue weighted by molar-refractivity contribution is -0.384. The molecule has 0 amide bonds. The van der Waals surface area contributed by atoms with Crippen molar-refractivity contribution in [2.75, 3.05) is 5.32 Å². The highest BCUT2D eigenvalue weighted by Crippen LogP contribution is 2.26. The maximum atomic E-state index is 13.5. The van der Waals surface area contributed by atoms with Crippen LogP contribution in [0, 0.1) is 15.9 Å². The highest BCUT2D eigenvalue weighted by Gasteiger charge is 2.16. The van der Waals surface area contributed by atoms with Gasteiger partial charge in [0, 0.05) is 18.2 Å². The average Bonchev–Trinajstić information content (AvgIpc) is 2.46. The zero-order chi connectivity index (χ0) is 15.4. The van der Waals surface area contributed by atoms with Gasteiger partial charge in [-0.2, -0.15) is 0 Å². The van der Waals surface area contributed by atoms with Crippen LogP contribution < -0.4 is 5.32 Å². The second-order valence-corrected chi connectivity index (χ2v) is 4.24. The second-order valence-electron chi connectivity index (χ2n) is 4.24. The van der Waals surface area contributed by atoms with Crippen molar-refractivity contribution in [3.8, 4) is 0 Å². The van der Waals surface area contributed by atoms with Crippen LogP contribution in [0.25, 0.3) is 0 Å². The molecule has 0 aromatic heterocycles. The van der Waals surface area contributed by atoms with Crippen molar-refractivity contribution in [1.29, 1.82) is 0 Å². The molecule has 0 aliphatic heterocycles. The Hall–Kier alpha value is -2.96. The van der Waals surface area contributed by atoms with Crippen LogP contribution in [0.3, 0.4) is 0 Å². The summed E-state index contributed by atoms with van der Waals surface area (Å²) in [5.74, 6) is -1.64. The molecular formula is C14H11FN2O4. The molecule has 0 spiro atoms. The number of nitrogens with zero attached hydrogens (tertiary/aromatic N) is 1. The van der Waals surface area contributed by atoms with Gasteiger partial charge in [-0.3, -0.25) is 10.1 Å². The zero-order valence-corrected chi connectivity index (χ0v) is 10.7. The molecule has 21 heavy (non-hydrogen) atoms. The number of hydrogen-bond acceptors (Lipinski definition) is 4. The van der Waals surface area contributed by atoms with E-state index in [0.717, 1.165) is 18.2 Å². The van der Waals surface area contributed by atoms with Crippen LogP contribution in [0.2, 0.25) is 0 Å². The standard InChI is InChI=1S/C14H11FN2O4/c15-11-4-2-1-3-10(11)8-16-12-7-9(14(18)19)5-6-13(12)17(20)21/h1-7,16H,8H2,(H,18,19). The number of benzene rings is 2. The maximum Gasteiger partial charge on any atom is 0.335 e. The van der Waals surface area contributed by atoms with Gasteiger partial charge in [-0.05, 0) is 18.2 Å². The first kappa shape index (κ1) is 14.4. The molecule has 0 aliphatic carbocycles. The van der Waals surface area contributed by atoms with Crippen molar-refractivity contribution in [2.45, 2.75) is 6.54 Å². The zero-order valence-electron chi connectivity index (χ0n) is 10.7. The third-order valence-electron chi connectivity index (χ3n) is 2.87. The number of rotatable bonds is 5. The van der Waals surface area contributed by atoms with Gasteiger partial charge in [0.15, 0.2) is 0 Å².